The maximum absolute atomic E-state index is 14.6. The fraction of sp³-hybridized carbons (Fsp3) is 0.433. The predicted octanol–water partition coefficient (Wildman–Crippen LogP) is 5.13. The van der Waals surface area contributed by atoms with Crippen molar-refractivity contribution in [2.75, 3.05) is 32.8 Å². The Morgan fingerprint density at radius 1 is 0.966 bits per heavy atom. The van der Waals surface area contributed by atoms with Crippen LogP contribution in [-0.2, 0) is 46.3 Å². The van der Waals surface area contributed by atoms with Gasteiger partial charge in [0.2, 0.25) is 35.4 Å². The molecule has 468 valence electrons. The minimum Gasteiger partial charge on any atom is -0.490 e. The number of carbonyl (C=O) groups is 8. The van der Waals surface area contributed by atoms with Crippen molar-refractivity contribution in [1.29, 1.82) is 0 Å². The number of amides is 7. The van der Waals surface area contributed by atoms with Gasteiger partial charge in [0.1, 0.15) is 42.1 Å². The zero-order valence-corrected chi connectivity index (χ0v) is 51.3. The number of β-amino-alcohol motifs (C(OH)–C–C–N with tert-alkyl or cyclic N) is 1. The molecule has 28 heteroatoms. The number of primary amides is 1. The van der Waals surface area contributed by atoms with E-state index in [4.69, 9.17) is 31.3 Å². The van der Waals surface area contributed by atoms with Gasteiger partial charge in [-0.1, -0.05) is 61.8 Å². The lowest BCUT2D eigenvalue weighted by atomic mass is 9.91. The van der Waals surface area contributed by atoms with Crippen molar-refractivity contribution in [2.24, 2.45) is 11.7 Å². The van der Waals surface area contributed by atoms with Crippen molar-refractivity contribution in [3.8, 4) is 22.1 Å². The summed E-state index contributed by atoms with van der Waals surface area (Å²) in [5.74, 6) is -4.07. The van der Waals surface area contributed by atoms with Crippen molar-refractivity contribution < 1.29 is 71.8 Å². The Labute approximate surface area is 515 Å². The van der Waals surface area contributed by atoms with E-state index in [-0.39, 0.29) is 117 Å². The Hall–Kier alpha value is -8.00. The molecule has 0 bridgehead atoms. The fourth-order valence-corrected chi connectivity index (χ4v) is 13.0. The molecule has 3 aromatic heterocycles. The van der Waals surface area contributed by atoms with E-state index in [1.54, 1.807) is 35.0 Å². The van der Waals surface area contributed by atoms with Gasteiger partial charge in [0.05, 0.1) is 39.9 Å². The summed E-state index contributed by atoms with van der Waals surface area (Å²) in [5, 5.41) is 24.0. The monoisotopic (exact) mass is 1270 g/mol. The number of aliphatic hydroxyl groups excluding tert-OH is 1. The van der Waals surface area contributed by atoms with Gasteiger partial charge in [-0.25, -0.2) is 4.98 Å². The van der Waals surface area contributed by atoms with Gasteiger partial charge in [-0.2, -0.15) is 0 Å². The molecular formula is C60H70ClN10O15PS. The van der Waals surface area contributed by atoms with Gasteiger partial charge in [-0.05, 0) is 104 Å². The number of hydrogen-bond acceptors (Lipinski definition) is 16. The summed E-state index contributed by atoms with van der Waals surface area (Å²) in [4.78, 5) is 139. The Kier molecular flexibility index (Phi) is 20.5. The van der Waals surface area contributed by atoms with Crippen LogP contribution in [-0.4, -0.2) is 161 Å². The number of aryl methyl sites for hydroxylation is 2. The van der Waals surface area contributed by atoms with Crippen LogP contribution in [0.5, 0.6) is 11.6 Å². The van der Waals surface area contributed by atoms with E-state index < -0.39 is 79.0 Å². The quantitative estimate of drug-likeness (QED) is 0.0288. The lowest BCUT2D eigenvalue weighted by molar-refractivity contribution is -0.145. The highest BCUT2D eigenvalue weighted by Gasteiger charge is 2.47. The molecule has 7 amide bonds. The molecule has 3 saturated heterocycles. The van der Waals surface area contributed by atoms with E-state index in [0.29, 0.717) is 47.5 Å². The minimum atomic E-state index is -5.09. The molecule has 0 aliphatic carbocycles. The van der Waals surface area contributed by atoms with Crippen molar-refractivity contribution in [2.45, 2.75) is 128 Å². The largest absolute Gasteiger partial charge is 0.490 e. The third-order valence-corrected chi connectivity index (χ3v) is 18.3. The highest BCUT2D eigenvalue weighted by Crippen LogP contribution is 2.40. The van der Waals surface area contributed by atoms with Crippen LogP contribution >= 0.6 is 30.5 Å². The molecule has 3 aliphatic rings. The van der Waals surface area contributed by atoms with E-state index in [9.17, 15) is 57.8 Å². The SMILES string of the molecule is CC(=O)N1CC[C@H]2CC[C@@H](C(=O)N[C@@H](CCC(N)=O)COc3cccc(CCCOc4cc([C@H](C(=O)N5C[C@H](O)C[C@H]5C(=O)NCc5ccc(-c6scnc6C)cc5)C(C)C)on4)c3Cl)N2C(=O)[C@@H](NC(=O)c2cc3cc(C(=O)P(=O)(O)O)ccc3[nH]2)C1. The van der Waals surface area contributed by atoms with Gasteiger partial charge in [0, 0.05) is 74.5 Å². The number of aliphatic hydroxyl groups is 1. The summed E-state index contributed by atoms with van der Waals surface area (Å²) in [6.07, 6.45) is 1.04. The number of rotatable bonds is 24. The van der Waals surface area contributed by atoms with Crippen LogP contribution in [0.1, 0.15) is 115 Å². The van der Waals surface area contributed by atoms with Gasteiger partial charge >= 0.3 is 7.60 Å². The maximum Gasteiger partial charge on any atom is 0.396 e. The first kappa shape index (κ1) is 64.5. The second-order valence-corrected chi connectivity index (χ2v) is 25.4. The number of aromatic amines is 1. The van der Waals surface area contributed by atoms with Crippen molar-refractivity contribution in [3.05, 3.63) is 117 Å². The molecule has 0 saturated carbocycles. The third kappa shape index (κ3) is 15.3. The number of H-pyrrole nitrogens is 1. The van der Waals surface area contributed by atoms with E-state index in [0.717, 1.165) is 21.7 Å². The number of thiazole rings is 1. The highest BCUT2D eigenvalue weighted by molar-refractivity contribution is 7.70. The first-order chi connectivity index (χ1) is 41.9. The van der Waals surface area contributed by atoms with Crippen molar-refractivity contribution in [3.63, 3.8) is 0 Å². The molecule has 7 atom stereocenters. The number of benzene rings is 3. The molecular weight excluding hydrogens is 1200 g/mol. The molecule has 88 heavy (non-hydrogen) atoms. The molecule has 25 nitrogen and oxygen atoms in total. The number of nitrogens with two attached hydrogens (primary N) is 1. The van der Waals surface area contributed by atoms with Crippen LogP contribution in [0.2, 0.25) is 5.02 Å². The zero-order chi connectivity index (χ0) is 63.1. The first-order valence-electron chi connectivity index (χ1n) is 28.9. The molecule has 3 aromatic carbocycles. The molecule has 0 spiro atoms. The second-order valence-electron chi connectivity index (χ2n) is 22.7. The summed E-state index contributed by atoms with van der Waals surface area (Å²) in [5.41, 5.74) is 9.55. The number of fused-ring (bicyclic) bond motifs is 2. The number of carbonyl (C=O) groups excluding carboxylic acids is 8. The Balaban J connectivity index is 0.785. The van der Waals surface area contributed by atoms with Crippen molar-refractivity contribution >= 4 is 88.3 Å². The molecule has 3 aliphatic heterocycles. The fourth-order valence-electron chi connectivity index (χ4n) is 11.5. The normalized spacial score (nSPS) is 19.4. The Morgan fingerprint density at radius 2 is 1.74 bits per heavy atom. The molecule has 9 N–H and O–H groups in total. The summed E-state index contributed by atoms with van der Waals surface area (Å²) in [7, 11) is -5.09. The van der Waals surface area contributed by atoms with Gasteiger partial charge in [-0.15, -0.1) is 11.3 Å². The summed E-state index contributed by atoms with van der Waals surface area (Å²) in [6, 6.07) is 15.3. The first-order valence-corrected chi connectivity index (χ1v) is 31.8. The number of ether oxygens (including phenoxy) is 2. The van der Waals surface area contributed by atoms with Crippen LogP contribution in [0, 0.1) is 12.8 Å². The van der Waals surface area contributed by atoms with Crippen LogP contribution in [0.3, 0.4) is 0 Å². The Bertz CT molecular complexity index is 3640. The van der Waals surface area contributed by atoms with Crippen LogP contribution in [0.15, 0.2) is 82.8 Å². The van der Waals surface area contributed by atoms with Crippen LogP contribution in [0.25, 0.3) is 21.3 Å². The van der Waals surface area contributed by atoms with Crippen LogP contribution in [0.4, 0.5) is 0 Å². The van der Waals surface area contributed by atoms with E-state index in [1.807, 2.05) is 51.1 Å². The van der Waals surface area contributed by atoms with Gasteiger partial charge in [-0.3, -0.25) is 42.9 Å². The van der Waals surface area contributed by atoms with Gasteiger partial charge in [0.15, 0.2) is 5.76 Å². The van der Waals surface area contributed by atoms with Crippen molar-refractivity contribution in [1.82, 2.24) is 45.8 Å². The third-order valence-electron chi connectivity index (χ3n) is 16.1. The number of halogens is 1. The standard InChI is InChI=1S/C60H70ClN10O15PS/c1-32(2)52(59(79)70-28-42(73)25-47(70)56(76)63-27-35-10-12-37(13-11-35)54-33(3)64-31-88-54)49-26-51(68-86-49)84-22-6-8-36-7-5-9-48(53(36)61)85-30-40(15-19-50(62)74)65-57(77)46-18-16-41-20-21-69(34(4)72)29-45(58(78)71(41)46)67-55(75)44-24-39-23-38(14-17-43(39)66-44)60(80)87(81,82)83/h5,7,9-14,17,23-24,26,31-32,40-42,45-47,52,66,73H,6,8,15-16,18-22,25,27-30H2,1-4H3,(H2,62,74)(H,63,76)(H,65,77)(H,67,75)(H2,81,82,83)/t40-,41+,42+,45-,46-,47-,52+/m0/s1. The molecule has 9 rings (SSSR count). The molecule has 0 unspecified atom stereocenters. The average molecular weight is 1270 g/mol. The summed E-state index contributed by atoms with van der Waals surface area (Å²) in [6.45, 7) is 7.26. The minimum absolute atomic E-state index is 0.0235. The Morgan fingerprint density at radius 3 is 2.44 bits per heavy atom. The van der Waals surface area contributed by atoms with E-state index >= 15 is 0 Å². The van der Waals surface area contributed by atoms with E-state index in [2.05, 4.69) is 31.1 Å². The lowest BCUT2D eigenvalue weighted by Gasteiger charge is -2.38. The summed E-state index contributed by atoms with van der Waals surface area (Å²) >= 11 is 8.46. The zero-order valence-electron chi connectivity index (χ0n) is 48.8. The van der Waals surface area contributed by atoms with Crippen LogP contribution < -0.4 is 31.2 Å². The predicted molar refractivity (Wildman–Crippen MR) is 322 cm³/mol. The number of nitrogens with zero attached hydrogens (tertiary/aromatic N) is 5. The number of hydrogen-bond donors (Lipinski definition) is 8. The van der Waals surface area contributed by atoms with Gasteiger partial charge < -0.3 is 70.3 Å². The molecule has 0 radical (unpaired) electrons. The number of aromatic nitrogens is 3. The van der Waals surface area contributed by atoms with E-state index in [1.165, 1.54) is 45.9 Å². The number of nitrogens with one attached hydrogen (secondary N) is 4. The lowest BCUT2D eigenvalue weighted by Crippen LogP contribution is -2.61. The second kappa shape index (κ2) is 28.0. The highest BCUT2D eigenvalue weighted by atomic mass is 35.5. The molecule has 6 heterocycles. The maximum atomic E-state index is 14.6. The van der Waals surface area contributed by atoms with Gasteiger partial charge in [0.25, 0.3) is 17.3 Å². The average Bonchev–Trinajstić information content (AvgIpc) is 2.85. The molecule has 6 aromatic rings. The topological polar surface area (TPSA) is 359 Å². The smallest absolute Gasteiger partial charge is 0.396 e. The number of likely N-dealkylation sites (tertiary alicyclic amines) is 1. The summed E-state index contributed by atoms with van der Waals surface area (Å²) < 4.78 is 29.5. The molecule has 3 fully saturated rings.